The number of fused-ring (bicyclic) bond motifs is 1. The molecule has 0 atom stereocenters. The number of pyridine rings is 1. The van der Waals surface area contributed by atoms with Gasteiger partial charge in [-0.2, -0.15) is 13.2 Å². The van der Waals surface area contributed by atoms with E-state index in [0.29, 0.717) is 11.3 Å². The van der Waals surface area contributed by atoms with Crippen molar-refractivity contribution < 1.29 is 17.9 Å². The Morgan fingerprint density at radius 1 is 1.18 bits per heavy atom. The molecular weight excluding hydrogens is 295 g/mol. The van der Waals surface area contributed by atoms with Gasteiger partial charge in [-0.05, 0) is 29.8 Å². The molecule has 3 N–H and O–H groups in total. The molecule has 7 heteroatoms. The lowest BCUT2D eigenvalue weighted by molar-refractivity contribution is -0.141. The fourth-order valence-electron chi connectivity index (χ4n) is 2.13. The van der Waals surface area contributed by atoms with Crippen LogP contribution in [0.4, 0.5) is 13.2 Å². The normalized spacial score (nSPS) is 11.8. The molecule has 2 heterocycles. The molecule has 114 valence electrons. The van der Waals surface area contributed by atoms with Gasteiger partial charge in [0, 0.05) is 29.7 Å². The second kappa shape index (κ2) is 5.34. The van der Waals surface area contributed by atoms with Gasteiger partial charge in [0.1, 0.15) is 11.4 Å². The van der Waals surface area contributed by atoms with Gasteiger partial charge in [0.15, 0.2) is 0 Å². The molecule has 22 heavy (non-hydrogen) atoms. The van der Waals surface area contributed by atoms with Gasteiger partial charge in [0.2, 0.25) is 5.88 Å². The molecule has 0 aliphatic carbocycles. The van der Waals surface area contributed by atoms with E-state index in [1.54, 1.807) is 24.4 Å². The number of benzene rings is 1. The first-order valence-electron chi connectivity index (χ1n) is 6.49. The van der Waals surface area contributed by atoms with E-state index in [9.17, 15) is 13.2 Å². The zero-order valence-electron chi connectivity index (χ0n) is 11.3. The highest BCUT2D eigenvalue weighted by Gasteiger charge is 2.33. The van der Waals surface area contributed by atoms with Gasteiger partial charge < -0.3 is 15.5 Å². The van der Waals surface area contributed by atoms with Crippen LogP contribution in [0.2, 0.25) is 0 Å². The lowest BCUT2D eigenvalue weighted by atomic mass is 10.2. The van der Waals surface area contributed by atoms with E-state index < -0.39 is 11.9 Å². The zero-order valence-corrected chi connectivity index (χ0v) is 11.3. The van der Waals surface area contributed by atoms with Crippen molar-refractivity contribution in [1.82, 2.24) is 9.97 Å². The maximum Gasteiger partial charge on any atom is 0.433 e. The first-order valence-corrected chi connectivity index (χ1v) is 6.49. The Balaban J connectivity index is 2.03. The third-order valence-corrected chi connectivity index (χ3v) is 3.16. The van der Waals surface area contributed by atoms with Crippen LogP contribution in [0.5, 0.6) is 11.6 Å². The molecule has 2 aromatic heterocycles. The van der Waals surface area contributed by atoms with Crippen LogP contribution >= 0.6 is 0 Å². The van der Waals surface area contributed by atoms with E-state index in [-0.39, 0.29) is 12.4 Å². The third-order valence-electron chi connectivity index (χ3n) is 3.16. The number of ether oxygens (including phenoxy) is 1. The van der Waals surface area contributed by atoms with E-state index >= 15 is 0 Å². The molecule has 0 amide bonds. The van der Waals surface area contributed by atoms with Crippen LogP contribution in [0.1, 0.15) is 11.3 Å². The number of hydrogen-bond donors (Lipinski definition) is 2. The maximum absolute atomic E-state index is 12.9. The minimum absolute atomic E-state index is 0.0314. The Morgan fingerprint density at radius 2 is 2.00 bits per heavy atom. The van der Waals surface area contributed by atoms with Crippen molar-refractivity contribution in [2.75, 3.05) is 0 Å². The van der Waals surface area contributed by atoms with Crippen LogP contribution in [0.25, 0.3) is 10.9 Å². The average molecular weight is 307 g/mol. The van der Waals surface area contributed by atoms with Crippen LogP contribution in [0, 0.1) is 0 Å². The predicted molar refractivity (Wildman–Crippen MR) is 75.5 cm³/mol. The Morgan fingerprint density at radius 3 is 2.73 bits per heavy atom. The van der Waals surface area contributed by atoms with Gasteiger partial charge in [-0.15, -0.1) is 0 Å². The minimum atomic E-state index is -4.55. The van der Waals surface area contributed by atoms with Crippen molar-refractivity contribution in [2.24, 2.45) is 5.73 Å². The van der Waals surface area contributed by atoms with Crippen molar-refractivity contribution in [2.45, 2.75) is 12.7 Å². The number of aromatic nitrogens is 2. The molecule has 1 aromatic carbocycles. The highest BCUT2D eigenvalue weighted by molar-refractivity contribution is 5.85. The second-order valence-electron chi connectivity index (χ2n) is 4.70. The van der Waals surface area contributed by atoms with Gasteiger partial charge >= 0.3 is 6.18 Å². The van der Waals surface area contributed by atoms with E-state index in [2.05, 4.69) is 9.97 Å². The van der Waals surface area contributed by atoms with Crippen molar-refractivity contribution in [3.05, 3.63) is 53.9 Å². The molecule has 3 aromatic rings. The van der Waals surface area contributed by atoms with Gasteiger partial charge in [0.05, 0.1) is 0 Å². The minimum Gasteiger partial charge on any atom is -0.438 e. The second-order valence-corrected chi connectivity index (χ2v) is 4.70. The summed E-state index contributed by atoms with van der Waals surface area (Å²) in [4.78, 5) is 6.53. The number of alkyl halides is 3. The van der Waals surface area contributed by atoms with Crippen LogP contribution in [-0.4, -0.2) is 9.97 Å². The molecule has 0 fully saturated rings. The summed E-state index contributed by atoms with van der Waals surface area (Å²) < 4.78 is 44.1. The molecule has 0 spiro atoms. The highest BCUT2D eigenvalue weighted by atomic mass is 19.4. The molecule has 4 nitrogen and oxygen atoms in total. The van der Waals surface area contributed by atoms with E-state index in [0.717, 1.165) is 17.0 Å². The molecule has 0 unspecified atom stereocenters. The molecule has 3 rings (SSSR count). The van der Waals surface area contributed by atoms with Gasteiger partial charge in [-0.1, -0.05) is 6.07 Å². The largest absolute Gasteiger partial charge is 0.438 e. The first kappa shape index (κ1) is 14.4. The lowest BCUT2D eigenvalue weighted by Crippen LogP contribution is -2.10. The average Bonchev–Trinajstić information content (AvgIpc) is 2.95. The van der Waals surface area contributed by atoms with Crippen LogP contribution in [0.15, 0.2) is 42.6 Å². The monoisotopic (exact) mass is 307 g/mol. The summed E-state index contributed by atoms with van der Waals surface area (Å²) in [5.74, 6) is 0.289. The van der Waals surface area contributed by atoms with Crippen molar-refractivity contribution in [3.8, 4) is 11.6 Å². The summed E-state index contributed by atoms with van der Waals surface area (Å²) in [6.45, 7) is -0.0314. The number of hydrogen-bond acceptors (Lipinski definition) is 3. The summed E-state index contributed by atoms with van der Waals surface area (Å²) in [5.41, 5.74) is 5.55. The fraction of sp³-hybridized carbons (Fsp3) is 0.133. The summed E-state index contributed by atoms with van der Waals surface area (Å²) in [6.07, 6.45) is -2.83. The third kappa shape index (κ3) is 2.75. The van der Waals surface area contributed by atoms with E-state index in [1.165, 1.54) is 6.07 Å². The SMILES string of the molecule is NCc1cc(Oc2cccc3[nH]ccc23)nc(C(F)(F)F)c1. The number of H-pyrrole nitrogens is 1. The molecule has 0 aliphatic rings. The molecule has 0 radical (unpaired) electrons. The van der Waals surface area contributed by atoms with E-state index in [1.807, 2.05) is 6.07 Å². The van der Waals surface area contributed by atoms with Gasteiger partial charge in [-0.25, -0.2) is 4.98 Å². The zero-order chi connectivity index (χ0) is 15.7. The quantitative estimate of drug-likeness (QED) is 0.773. The summed E-state index contributed by atoms with van der Waals surface area (Å²) in [5, 5.41) is 0.760. The maximum atomic E-state index is 12.9. The Hall–Kier alpha value is -2.54. The standard InChI is InChI=1S/C15H12F3N3O/c16-15(17,18)13-6-9(8-19)7-14(21-13)22-12-3-1-2-11-10(12)4-5-20-11/h1-7,20H,8,19H2. The Kier molecular flexibility index (Phi) is 3.50. The number of nitrogens with two attached hydrogens (primary N) is 1. The van der Waals surface area contributed by atoms with Crippen molar-refractivity contribution >= 4 is 10.9 Å². The number of rotatable bonds is 3. The molecule has 0 saturated carbocycles. The lowest BCUT2D eigenvalue weighted by Gasteiger charge is -2.11. The van der Waals surface area contributed by atoms with Gasteiger partial charge in [-0.3, -0.25) is 0 Å². The van der Waals surface area contributed by atoms with Crippen LogP contribution in [0.3, 0.4) is 0 Å². The number of nitrogens with one attached hydrogen (secondary N) is 1. The topological polar surface area (TPSA) is 63.9 Å². The Bertz CT molecular complexity index is 811. The van der Waals surface area contributed by atoms with Crippen molar-refractivity contribution in [3.63, 3.8) is 0 Å². The number of nitrogens with zero attached hydrogens (tertiary/aromatic N) is 1. The number of aromatic amines is 1. The summed E-state index contributed by atoms with van der Waals surface area (Å²) in [6, 6.07) is 9.35. The molecule has 0 aliphatic heterocycles. The summed E-state index contributed by atoms with van der Waals surface area (Å²) >= 11 is 0. The van der Waals surface area contributed by atoms with Gasteiger partial charge in [0.25, 0.3) is 0 Å². The van der Waals surface area contributed by atoms with E-state index in [4.69, 9.17) is 10.5 Å². The van der Waals surface area contributed by atoms with Crippen LogP contribution in [-0.2, 0) is 12.7 Å². The molecular formula is C15H12F3N3O. The van der Waals surface area contributed by atoms with Crippen molar-refractivity contribution in [1.29, 1.82) is 0 Å². The molecule has 0 bridgehead atoms. The smallest absolute Gasteiger partial charge is 0.433 e. The molecule has 0 saturated heterocycles. The predicted octanol–water partition coefficient (Wildman–Crippen LogP) is 3.83. The summed E-state index contributed by atoms with van der Waals surface area (Å²) in [7, 11) is 0. The fourth-order valence-corrected chi connectivity index (χ4v) is 2.13. The first-order chi connectivity index (χ1) is 10.5. The highest BCUT2D eigenvalue weighted by Crippen LogP contribution is 2.33. The Labute approximate surface area is 123 Å². The number of halogens is 3. The van der Waals surface area contributed by atoms with Crippen LogP contribution < -0.4 is 10.5 Å².